The van der Waals surface area contributed by atoms with Crippen molar-refractivity contribution in [3.63, 3.8) is 0 Å². The second-order valence-corrected chi connectivity index (χ2v) is 6.10. The fraction of sp³-hybridized carbons (Fsp3) is 0.474. The molecular formula is C19H25N3O4. The third-order valence-corrected chi connectivity index (χ3v) is 3.92. The topological polar surface area (TPSA) is 101 Å². The zero-order valence-corrected chi connectivity index (χ0v) is 15.0. The van der Waals surface area contributed by atoms with Crippen LogP contribution in [0.4, 0.5) is 0 Å². The van der Waals surface area contributed by atoms with Gasteiger partial charge in [0.15, 0.2) is 6.61 Å². The molecule has 0 aliphatic rings. The van der Waals surface area contributed by atoms with E-state index in [9.17, 15) is 14.4 Å². The summed E-state index contributed by atoms with van der Waals surface area (Å²) >= 11 is 0. The summed E-state index contributed by atoms with van der Waals surface area (Å²) in [5.41, 5.74) is 0.446. The molecule has 1 heterocycles. The Labute approximate surface area is 152 Å². The van der Waals surface area contributed by atoms with Crippen LogP contribution in [0.15, 0.2) is 29.1 Å². The molecule has 0 bridgehead atoms. The lowest BCUT2D eigenvalue weighted by molar-refractivity contribution is -0.148. The maximum atomic E-state index is 12.0. The lowest BCUT2D eigenvalue weighted by atomic mass is 10.2. The van der Waals surface area contributed by atoms with E-state index in [2.05, 4.69) is 22.2 Å². The molecule has 2 rings (SSSR count). The van der Waals surface area contributed by atoms with Crippen LogP contribution in [0, 0.1) is 0 Å². The molecular weight excluding hydrogens is 334 g/mol. The van der Waals surface area contributed by atoms with Crippen LogP contribution in [0.25, 0.3) is 10.9 Å². The number of benzene rings is 1. The number of hydrogen-bond donors (Lipinski definition) is 2. The van der Waals surface area contributed by atoms with Crippen LogP contribution in [0.2, 0.25) is 0 Å². The minimum Gasteiger partial charge on any atom is -0.456 e. The quantitative estimate of drug-likeness (QED) is 0.500. The molecule has 140 valence electrons. The van der Waals surface area contributed by atoms with E-state index in [0.29, 0.717) is 36.1 Å². The van der Waals surface area contributed by atoms with Gasteiger partial charge in [-0.1, -0.05) is 31.9 Å². The Hall–Kier alpha value is -2.70. The van der Waals surface area contributed by atoms with E-state index < -0.39 is 5.97 Å². The lowest BCUT2D eigenvalue weighted by Gasteiger charge is -2.06. The first kappa shape index (κ1) is 19.6. The van der Waals surface area contributed by atoms with Crippen molar-refractivity contribution in [2.24, 2.45) is 0 Å². The SMILES string of the molecule is CCCCCNC(=O)COC(=O)CCCc1nc2ccccc2c(=O)[nH]1. The zero-order chi connectivity index (χ0) is 18.8. The Morgan fingerprint density at radius 2 is 2.00 bits per heavy atom. The molecule has 7 nitrogen and oxygen atoms in total. The van der Waals surface area contributed by atoms with E-state index in [1.807, 2.05) is 6.07 Å². The third kappa shape index (κ3) is 6.31. The molecule has 2 aromatic rings. The molecule has 1 aromatic heterocycles. The number of H-pyrrole nitrogens is 1. The number of unbranched alkanes of at least 4 members (excludes halogenated alkanes) is 2. The highest BCUT2D eigenvalue weighted by Crippen LogP contribution is 2.07. The number of aryl methyl sites for hydroxylation is 1. The van der Waals surface area contributed by atoms with Crippen molar-refractivity contribution in [3.8, 4) is 0 Å². The molecule has 0 aliphatic carbocycles. The molecule has 0 spiro atoms. The molecule has 0 saturated heterocycles. The first-order valence-corrected chi connectivity index (χ1v) is 9.00. The summed E-state index contributed by atoms with van der Waals surface area (Å²) in [6.07, 6.45) is 4.18. The minimum atomic E-state index is -0.433. The maximum absolute atomic E-state index is 12.0. The van der Waals surface area contributed by atoms with Crippen molar-refractivity contribution in [2.75, 3.05) is 13.2 Å². The van der Waals surface area contributed by atoms with Crippen molar-refractivity contribution in [1.82, 2.24) is 15.3 Å². The summed E-state index contributed by atoms with van der Waals surface area (Å²) in [5, 5.41) is 3.25. The van der Waals surface area contributed by atoms with E-state index in [1.54, 1.807) is 18.2 Å². The van der Waals surface area contributed by atoms with E-state index in [1.165, 1.54) is 0 Å². The summed E-state index contributed by atoms with van der Waals surface area (Å²) in [4.78, 5) is 42.3. The van der Waals surface area contributed by atoms with Crippen LogP contribution < -0.4 is 10.9 Å². The fourth-order valence-corrected chi connectivity index (χ4v) is 2.53. The molecule has 2 N–H and O–H groups in total. The predicted molar refractivity (Wildman–Crippen MR) is 98.8 cm³/mol. The largest absolute Gasteiger partial charge is 0.456 e. The number of amides is 1. The first-order chi connectivity index (χ1) is 12.6. The molecule has 0 radical (unpaired) electrons. The van der Waals surface area contributed by atoms with Crippen molar-refractivity contribution in [3.05, 3.63) is 40.4 Å². The van der Waals surface area contributed by atoms with Gasteiger partial charge in [-0.15, -0.1) is 0 Å². The summed E-state index contributed by atoms with van der Waals surface area (Å²) in [6.45, 7) is 2.44. The molecule has 1 aromatic carbocycles. The Bertz CT molecular complexity index is 801. The highest BCUT2D eigenvalue weighted by molar-refractivity contribution is 5.80. The Morgan fingerprint density at radius 1 is 1.19 bits per heavy atom. The van der Waals surface area contributed by atoms with Gasteiger partial charge in [0.1, 0.15) is 5.82 Å². The van der Waals surface area contributed by atoms with Gasteiger partial charge in [0.05, 0.1) is 10.9 Å². The number of carbonyl (C=O) groups excluding carboxylic acids is 2. The number of fused-ring (bicyclic) bond motifs is 1. The van der Waals surface area contributed by atoms with Gasteiger partial charge < -0.3 is 15.0 Å². The highest BCUT2D eigenvalue weighted by atomic mass is 16.5. The van der Waals surface area contributed by atoms with Crippen LogP contribution >= 0.6 is 0 Å². The lowest BCUT2D eigenvalue weighted by Crippen LogP contribution is -2.29. The number of aromatic amines is 1. The van der Waals surface area contributed by atoms with E-state index in [4.69, 9.17) is 4.74 Å². The Morgan fingerprint density at radius 3 is 2.81 bits per heavy atom. The molecule has 0 atom stereocenters. The monoisotopic (exact) mass is 359 g/mol. The van der Waals surface area contributed by atoms with Crippen molar-refractivity contribution in [2.45, 2.75) is 45.4 Å². The van der Waals surface area contributed by atoms with E-state index in [0.717, 1.165) is 19.3 Å². The van der Waals surface area contributed by atoms with Crippen LogP contribution in [-0.4, -0.2) is 35.0 Å². The number of aromatic nitrogens is 2. The number of hydrogen-bond acceptors (Lipinski definition) is 5. The van der Waals surface area contributed by atoms with Gasteiger partial charge >= 0.3 is 5.97 Å². The van der Waals surface area contributed by atoms with Crippen LogP contribution in [0.1, 0.15) is 44.9 Å². The molecule has 26 heavy (non-hydrogen) atoms. The first-order valence-electron chi connectivity index (χ1n) is 9.00. The molecule has 0 saturated carbocycles. The van der Waals surface area contributed by atoms with Crippen LogP contribution in [0.3, 0.4) is 0 Å². The van der Waals surface area contributed by atoms with E-state index >= 15 is 0 Å². The van der Waals surface area contributed by atoms with Gasteiger partial charge in [-0.05, 0) is 25.0 Å². The van der Waals surface area contributed by atoms with E-state index in [-0.39, 0.29) is 24.5 Å². The van der Waals surface area contributed by atoms with Crippen LogP contribution in [0.5, 0.6) is 0 Å². The molecule has 0 aliphatic heterocycles. The molecule has 7 heteroatoms. The smallest absolute Gasteiger partial charge is 0.306 e. The summed E-state index contributed by atoms with van der Waals surface area (Å²) in [6, 6.07) is 7.11. The average Bonchev–Trinajstić information content (AvgIpc) is 2.64. The minimum absolute atomic E-state index is 0.166. The van der Waals surface area contributed by atoms with Crippen molar-refractivity contribution < 1.29 is 14.3 Å². The third-order valence-electron chi connectivity index (χ3n) is 3.92. The molecule has 1 amide bonds. The highest BCUT2D eigenvalue weighted by Gasteiger charge is 2.08. The van der Waals surface area contributed by atoms with Gasteiger partial charge in [-0.3, -0.25) is 14.4 Å². The van der Waals surface area contributed by atoms with Crippen LogP contribution in [-0.2, 0) is 20.7 Å². The zero-order valence-electron chi connectivity index (χ0n) is 15.0. The number of para-hydroxylation sites is 1. The average molecular weight is 359 g/mol. The van der Waals surface area contributed by atoms with Gasteiger partial charge in [0.25, 0.3) is 11.5 Å². The predicted octanol–water partition coefficient (Wildman–Crippen LogP) is 2.10. The van der Waals surface area contributed by atoms with Gasteiger partial charge in [-0.2, -0.15) is 0 Å². The summed E-state index contributed by atoms with van der Waals surface area (Å²) in [5.74, 6) is -0.179. The fourth-order valence-electron chi connectivity index (χ4n) is 2.53. The normalized spacial score (nSPS) is 10.7. The molecule has 0 fully saturated rings. The molecule has 0 unspecified atom stereocenters. The summed E-state index contributed by atoms with van der Waals surface area (Å²) < 4.78 is 4.95. The van der Waals surface area contributed by atoms with Crippen molar-refractivity contribution >= 4 is 22.8 Å². The summed E-state index contributed by atoms with van der Waals surface area (Å²) in [7, 11) is 0. The van der Waals surface area contributed by atoms with Gasteiger partial charge in [0, 0.05) is 19.4 Å². The maximum Gasteiger partial charge on any atom is 0.306 e. The Kier molecular flexibility index (Phi) is 7.79. The van der Waals surface area contributed by atoms with Crippen molar-refractivity contribution in [1.29, 1.82) is 0 Å². The number of nitrogens with zero attached hydrogens (tertiary/aromatic N) is 1. The second kappa shape index (κ2) is 10.3. The number of esters is 1. The number of ether oxygens (including phenoxy) is 1. The number of carbonyl (C=O) groups is 2. The van der Waals surface area contributed by atoms with Gasteiger partial charge in [-0.25, -0.2) is 4.98 Å². The number of nitrogens with one attached hydrogen (secondary N) is 2. The second-order valence-electron chi connectivity index (χ2n) is 6.10. The number of rotatable bonds is 10. The standard InChI is InChI=1S/C19H25N3O4/c1-2-3-6-12-20-17(23)13-26-18(24)11-7-10-16-21-15-9-5-4-8-14(15)19(25)22-16/h4-5,8-9H,2-3,6-7,10-13H2,1H3,(H,20,23)(H,21,22,25). The Balaban J connectivity index is 1.70. The van der Waals surface area contributed by atoms with Gasteiger partial charge in [0.2, 0.25) is 0 Å².